The lowest BCUT2D eigenvalue weighted by atomic mass is 9.87. The van der Waals surface area contributed by atoms with Crippen molar-refractivity contribution in [3.05, 3.63) is 0 Å². The largest absolute Gasteiger partial charge is 0.396 e. The van der Waals surface area contributed by atoms with Crippen LogP contribution in [0.25, 0.3) is 0 Å². The highest BCUT2D eigenvalue weighted by molar-refractivity contribution is 5.75. The van der Waals surface area contributed by atoms with Gasteiger partial charge in [-0.05, 0) is 12.8 Å². The van der Waals surface area contributed by atoms with Crippen LogP contribution < -0.4 is 10.6 Å². The predicted molar refractivity (Wildman–Crippen MR) is 59.5 cm³/mol. The van der Waals surface area contributed by atoms with E-state index >= 15 is 0 Å². The summed E-state index contributed by atoms with van der Waals surface area (Å²) in [6, 6.07) is 0. The molecule has 1 aliphatic rings. The standard InChI is InChI=1S/C11H22N2O2/c1-12-10(15)4-7-13-8-11(9-14)5-2-3-6-11/h13-14H,2-9H2,1H3,(H,12,15). The lowest BCUT2D eigenvalue weighted by molar-refractivity contribution is -0.120. The Morgan fingerprint density at radius 1 is 1.40 bits per heavy atom. The third kappa shape index (κ3) is 3.80. The minimum Gasteiger partial charge on any atom is -0.396 e. The minimum absolute atomic E-state index is 0.0620. The van der Waals surface area contributed by atoms with E-state index in [9.17, 15) is 9.90 Å². The van der Waals surface area contributed by atoms with E-state index in [0.717, 1.165) is 19.4 Å². The molecule has 0 saturated heterocycles. The van der Waals surface area contributed by atoms with Gasteiger partial charge in [0.05, 0.1) is 0 Å². The van der Waals surface area contributed by atoms with E-state index in [1.165, 1.54) is 12.8 Å². The van der Waals surface area contributed by atoms with Gasteiger partial charge in [-0.3, -0.25) is 4.79 Å². The van der Waals surface area contributed by atoms with E-state index in [-0.39, 0.29) is 17.9 Å². The summed E-state index contributed by atoms with van der Waals surface area (Å²) >= 11 is 0. The fourth-order valence-electron chi connectivity index (χ4n) is 2.20. The van der Waals surface area contributed by atoms with Gasteiger partial charge in [0, 0.05) is 38.6 Å². The Hall–Kier alpha value is -0.610. The van der Waals surface area contributed by atoms with Crippen molar-refractivity contribution in [1.82, 2.24) is 10.6 Å². The Balaban J connectivity index is 2.15. The molecular formula is C11H22N2O2. The van der Waals surface area contributed by atoms with Gasteiger partial charge in [-0.25, -0.2) is 0 Å². The van der Waals surface area contributed by atoms with E-state index in [2.05, 4.69) is 10.6 Å². The minimum atomic E-state index is 0.0620. The Labute approximate surface area is 91.4 Å². The molecule has 0 aromatic rings. The summed E-state index contributed by atoms with van der Waals surface area (Å²) in [5, 5.41) is 15.2. The number of nitrogens with one attached hydrogen (secondary N) is 2. The molecule has 1 saturated carbocycles. The molecule has 0 atom stereocenters. The zero-order valence-corrected chi connectivity index (χ0v) is 9.51. The molecule has 4 nitrogen and oxygen atoms in total. The molecule has 4 heteroatoms. The van der Waals surface area contributed by atoms with Gasteiger partial charge in [-0.1, -0.05) is 12.8 Å². The van der Waals surface area contributed by atoms with Crippen LogP contribution in [0, 0.1) is 5.41 Å². The van der Waals surface area contributed by atoms with Crippen molar-refractivity contribution in [3.63, 3.8) is 0 Å². The van der Waals surface area contributed by atoms with E-state index in [1.807, 2.05) is 0 Å². The molecule has 0 aromatic carbocycles. The highest BCUT2D eigenvalue weighted by Crippen LogP contribution is 2.36. The first-order valence-corrected chi connectivity index (χ1v) is 5.75. The molecule has 1 fully saturated rings. The molecule has 15 heavy (non-hydrogen) atoms. The van der Waals surface area contributed by atoms with Crippen molar-refractivity contribution < 1.29 is 9.90 Å². The zero-order chi connectivity index (χ0) is 11.1. The van der Waals surface area contributed by atoms with E-state index in [1.54, 1.807) is 7.05 Å². The molecule has 0 heterocycles. The smallest absolute Gasteiger partial charge is 0.221 e. The van der Waals surface area contributed by atoms with Gasteiger partial charge in [0.25, 0.3) is 0 Å². The van der Waals surface area contributed by atoms with Crippen molar-refractivity contribution in [1.29, 1.82) is 0 Å². The third-order valence-electron chi connectivity index (χ3n) is 3.31. The fraction of sp³-hybridized carbons (Fsp3) is 0.909. The zero-order valence-electron chi connectivity index (χ0n) is 9.51. The van der Waals surface area contributed by atoms with E-state index in [4.69, 9.17) is 0 Å². The number of rotatable bonds is 6. The second kappa shape index (κ2) is 6.08. The first-order chi connectivity index (χ1) is 7.22. The van der Waals surface area contributed by atoms with Gasteiger partial charge in [0.2, 0.25) is 5.91 Å². The number of aliphatic hydroxyl groups excluding tert-OH is 1. The van der Waals surface area contributed by atoms with Crippen molar-refractivity contribution in [2.75, 3.05) is 26.7 Å². The van der Waals surface area contributed by atoms with Crippen LogP contribution >= 0.6 is 0 Å². The van der Waals surface area contributed by atoms with Crippen LogP contribution in [0.5, 0.6) is 0 Å². The summed E-state index contributed by atoms with van der Waals surface area (Å²) in [6.45, 7) is 1.79. The summed E-state index contributed by atoms with van der Waals surface area (Å²) in [6.07, 6.45) is 5.17. The van der Waals surface area contributed by atoms with Crippen LogP contribution in [0.2, 0.25) is 0 Å². The highest BCUT2D eigenvalue weighted by atomic mass is 16.3. The normalized spacial score (nSPS) is 19.1. The average molecular weight is 214 g/mol. The maximum Gasteiger partial charge on any atom is 0.221 e. The molecule has 1 amide bonds. The lowest BCUT2D eigenvalue weighted by Crippen LogP contribution is -2.36. The van der Waals surface area contributed by atoms with Gasteiger partial charge in [0.15, 0.2) is 0 Å². The predicted octanol–water partition coefficient (Wildman–Crippen LogP) is 0.265. The molecule has 1 aliphatic carbocycles. The molecule has 0 spiro atoms. The summed E-state index contributed by atoms with van der Waals surface area (Å²) in [7, 11) is 1.65. The van der Waals surface area contributed by atoms with Crippen LogP contribution in [0.1, 0.15) is 32.1 Å². The maximum atomic E-state index is 11.0. The number of hydrogen-bond donors (Lipinski definition) is 3. The summed E-state index contributed by atoms with van der Waals surface area (Å²) in [4.78, 5) is 11.0. The summed E-state index contributed by atoms with van der Waals surface area (Å²) in [5.41, 5.74) is 0.0860. The number of amides is 1. The number of hydrogen-bond acceptors (Lipinski definition) is 3. The van der Waals surface area contributed by atoms with Crippen LogP contribution in [-0.4, -0.2) is 37.8 Å². The molecule has 1 rings (SSSR count). The number of aliphatic hydroxyl groups is 1. The first kappa shape index (κ1) is 12.5. The molecule has 88 valence electrons. The van der Waals surface area contributed by atoms with Crippen LogP contribution in [0.3, 0.4) is 0 Å². The first-order valence-electron chi connectivity index (χ1n) is 5.75. The van der Waals surface area contributed by atoms with Crippen LogP contribution in [0.4, 0.5) is 0 Å². The molecule has 0 aromatic heterocycles. The molecule has 0 unspecified atom stereocenters. The monoisotopic (exact) mass is 214 g/mol. The molecule has 3 N–H and O–H groups in total. The maximum absolute atomic E-state index is 11.0. The Morgan fingerprint density at radius 3 is 2.60 bits per heavy atom. The Kier molecular flexibility index (Phi) is 5.05. The van der Waals surface area contributed by atoms with Crippen molar-refractivity contribution in [2.24, 2.45) is 5.41 Å². The topological polar surface area (TPSA) is 61.4 Å². The SMILES string of the molecule is CNC(=O)CCNCC1(CO)CCCC1. The van der Waals surface area contributed by atoms with Gasteiger partial charge in [0.1, 0.15) is 0 Å². The molecular weight excluding hydrogens is 192 g/mol. The Morgan fingerprint density at radius 2 is 2.07 bits per heavy atom. The van der Waals surface area contributed by atoms with Crippen molar-refractivity contribution >= 4 is 5.91 Å². The number of carbonyl (C=O) groups is 1. The van der Waals surface area contributed by atoms with Crippen LogP contribution in [-0.2, 0) is 4.79 Å². The third-order valence-corrected chi connectivity index (χ3v) is 3.31. The highest BCUT2D eigenvalue weighted by Gasteiger charge is 2.32. The average Bonchev–Trinajstić information content (AvgIpc) is 2.73. The number of carbonyl (C=O) groups excluding carboxylic acids is 1. The van der Waals surface area contributed by atoms with Gasteiger partial charge in [-0.2, -0.15) is 0 Å². The van der Waals surface area contributed by atoms with Gasteiger partial charge >= 0.3 is 0 Å². The van der Waals surface area contributed by atoms with E-state index < -0.39 is 0 Å². The van der Waals surface area contributed by atoms with Crippen molar-refractivity contribution in [2.45, 2.75) is 32.1 Å². The lowest BCUT2D eigenvalue weighted by Gasteiger charge is -2.26. The Bertz CT molecular complexity index is 201. The second-order valence-corrected chi connectivity index (χ2v) is 4.47. The van der Waals surface area contributed by atoms with Crippen molar-refractivity contribution in [3.8, 4) is 0 Å². The van der Waals surface area contributed by atoms with Gasteiger partial charge < -0.3 is 15.7 Å². The fourth-order valence-corrected chi connectivity index (χ4v) is 2.20. The molecule has 0 radical (unpaired) electrons. The summed E-state index contributed by atoms with van der Waals surface area (Å²) < 4.78 is 0. The van der Waals surface area contributed by atoms with E-state index in [0.29, 0.717) is 13.0 Å². The van der Waals surface area contributed by atoms with Gasteiger partial charge in [-0.15, -0.1) is 0 Å². The molecule has 0 aliphatic heterocycles. The second-order valence-electron chi connectivity index (χ2n) is 4.47. The van der Waals surface area contributed by atoms with Crippen LogP contribution in [0.15, 0.2) is 0 Å². The summed E-state index contributed by atoms with van der Waals surface area (Å²) in [5.74, 6) is 0.0620. The quantitative estimate of drug-likeness (QED) is 0.556. The molecule has 0 bridgehead atoms.